The van der Waals surface area contributed by atoms with E-state index in [2.05, 4.69) is 17.0 Å². The highest BCUT2D eigenvalue weighted by atomic mass is 16.6. The van der Waals surface area contributed by atoms with Crippen LogP contribution >= 0.6 is 0 Å². The first-order valence-corrected chi connectivity index (χ1v) is 9.04. The first-order valence-electron chi connectivity index (χ1n) is 9.04. The van der Waals surface area contributed by atoms with Gasteiger partial charge in [-0.2, -0.15) is 0 Å². The van der Waals surface area contributed by atoms with Gasteiger partial charge >= 0.3 is 6.09 Å². The van der Waals surface area contributed by atoms with Crippen LogP contribution in [0.1, 0.15) is 31.2 Å². The van der Waals surface area contributed by atoms with Crippen LogP contribution in [0.5, 0.6) is 5.75 Å². The van der Waals surface area contributed by atoms with E-state index in [1.54, 1.807) is 7.11 Å². The first kappa shape index (κ1) is 15.8. The lowest BCUT2D eigenvalue weighted by molar-refractivity contribution is -0.00687. The van der Waals surface area contributed by atoms with Crippen LogP contribution < -0.4 is 4.74 Å². The summed E-state index contributed by atoms with van der Waals surface area (Å²) in [5.41, 5.74) is 1.30. The van der Waals surface area contributed by atoms with Crippen LogP contribution in [0.15, 0.2) is 24.3 Å². The molecule has 1 aromatic rings. The molecule has 5 nitrogen and oxygen atoms in total. The van der Waals surface area contributed by atoms with E-state index in [1.165, 1.54) is 18.4 Å². The lowest BCUT2D eigenvalue weighted by atomic mass is 9.75. The lowest BCUT2D eigenvalue weighted by Crippen LogP contribution is -2.60. The number of methoxy groups -OCH3 is 1. The van der Waals surface area contributed by atoms with E-state index in [4.69, 9.17) is 9.47 Å². The van der Waals surface area contributed by atoms with Gasteiger partial charge < -0.3 is 14.4 Å². The molecule has 5 heteroatoms. The third-order valence-electron chi connectivity index (χ3n) is 6.04. The zero-order valence-corrected chi connectivity index (χ0v) is 14.5. The van der Waals surface area contributed by atoms with Crippen LogP contribution in [0.3, 0.4) is 0 Å². The second-order valence-corrected chi connectivity index (χ2v) is 7.09. The Bertz CT molecular complexity index is 595. The number of carbonyl (C=O) groups excluding carboxylic acids is 1. The predicted octanol–water partition coefficient (Wildman–Crippen LogP) is 2.71. The van der Waals surface area contributed by atoms with Gasteiger partial charge in [-0.3, -0.25) is 4.90 Å². The first-order chi connectivity index (χ1) is 11.7. The van der Waals surface area contributed by atoms with Gasteiger partial charge in [0.05, 0.1) is 19.8 Å². The summed E-state index contributed by atoms with van der Waals surface area (Å²) in [4.78, 5) is 17.1. The van der Waals surface area contributed by atoms with Crippen LogP contribution in [0.2, 0.25) is 0 Å². The van der Waals surface area contributed by atoms with Gasteiger partial charge in [-0.1, -0.05) is 12.1 Å². The number of amides is 1. The summed E-state index contributed by atoms with van der Waals surface area (Å²) in [5.74, 6) is 1.85. The Morgan fingerprint density at radius 2 is 1.88 bits per heavy atom. The molecule has 0 aromatic heterocycles. The van der Waals surface area contributed by atoms with Crippen molar-refractivity contribution in [3.8, 4) is 5.75 Å². The minimum Gasteiger partial charge on any atom is -0.497 e. The number of rotatable bonds is 3. The number of ether oxygens (including phenoxy) is 2. The fraction of sp³-hybridized carbons (Fsp3) is 0.632. The van der Waals surface area contributed by atoms with Crippen LogP contribution in [-0.4, -0.2) is 61.3 Å². The van der Waals surface area contributed by atoms with E-state index in [0.717, 1.165) is 25.4 Å². The van der Waals surface area contributed by atoms with Crippen LogP contribution in [0.25, 0.3) is 0 Å². The van der Waals surface area contributed by atoms with E-state index in [0.29, 0.717) is 30.5 Å². The summed E-state index contributed by atoms with van der Waals surface area (Å²) >= 11 is 0. The minimum atomic E-state index is -0.141. The zero-order valence-electron chi connectivity index (χ0n) is 14.5. The van der Waals surface area contributed by atoms with Gasteiger partial charge in [-0.15, -0.1) is 0 Å². The second kappa shape index (κ2) is 6.28. The van der Waals surface area contributed by atoms with Gasteiger partial charge in [0, 0.05) is 18.5 Å². The van der Waals surface area contributed by atoms with Crippen LogP contribution in [-0.2, 0) is 4.74 Å². The maximum absolute atomic E-state index is 12.5. The minimum absolute atomic E-state index is 0.141. The molecule has 0 unspecified atom stereocenters. The van der Waals surface area contributed by atoms with Gasteiger partial charge in [-0.25, -0.2) is 4.79 Å². The Kier molecular flexibility index (Phi) is 4.12. The molecule has 0 radical (unpaired) electrons. The molecule has 24 heavy (non-hydrogen) atoms. The number of carbonyl (C=O) groups is 1. The molecule has 4 heterocycles. The molecule has 0 saturated carbocycles. The largest absolute Gasteiger partial charge is 0.497 e. The summed E-state index contributed by atoms with van der Waals surface area (Å²) in [5, 5.41) is 0. The fourth-order valence-electron chi connectivity index (χ4n) is 4.98. The van der Waals surface area contributed by atoms with Crippen molar-refractivity contribution in [3.63, 3.8) is 0 Å². The molecule has 0 aliphatic carbocycles. The quantitative estimate of drug-likeness (QED) is 0.854. The summed E-state index contributed by atoms with van der Waals surface area (Å²) < 4.78 is 10.6. The predicted molar refractivity (Wildman–Crippen MR) is 91.3 cm³/mol. The van der Waals surface area contributed by atoms with E-state index in [1.807, 2.05) is 24.0 Å². The molecular formula is C19H26N2O3. The summed E-state index contributed by atoms with van der Waals surface area (Å²) in [6, 6.07) is 9.08. The molecule has 0 spiro atoms. The monoisotopic (exact) mass is 330 g/mol. The third kappa shape index (κ3) is 2.46. The molecule has 0 N–H and O–H groups in total. The highest BCUT2D eigenvalue weighted by Crippen LogP contribution is 2.46. The topological polar surface area (TPSA) is 42.0 Å². The van der Waals surface area contributed by atoms with Crippen molar-refractivity contribution >= 4 is 6.09 Å². The highest BCUT2D eigenvalue weighted by Gasteiger charge is 2.55. The Morgan fingerprint density at radius 1 is 1.17 bits per heavy atom. The van der Waals surface area contributed by atoms with Gasteiger partial charge in [0.15, 0.2) is 0 Å². The number of benzene rings is 1. The van der Waals surface area contributed by atoms with E-state index >= 15 is 0 Å². The maximum atomic E-state index is 12.5. The number of hydrogen-bond donors (Lipinski definition) is 0. The number of nitrogens with zero attached hydrogens (tertiary/aromatic N) is 2. The Balaban J connectivity index is 1.65. The molecule has 4 aliphatic rings. The summed E-state index contributed by atoms with van der Waals surface area (Å²) in [7, 11) is 1.69. The van der Waals surface area contributed by atoms with Crippen molar-refractivity contribution in [1.29, 1.82) is 0 Å². The Morgan fingerprint density at radius 3 is 2.50 bits per heavy atom. The average Bonchev–Trinajstić information content (AvgIpc) is 3.06. The molecular weight excluding hydrogens is 304 g/mol. The highest BCUT2D eigenvalue weighted by molar-refractivity contribution is 5.69. The SMILES string of the molecule is CCOC(=O)N1C[C@@H](c2ccc(OC)cc2)[C@@H]2[C@H]1C1CCN2CC1. The molecule has 4 aliphatic heterocycles. The van der Waals surface area contributed by atoms with E-state index in [-0.39, 0.29) is 6.09 Å². The maximum Gasteiger partial charge on any atom is 0.410 e. The molecule has 3 atom stereocenters. The molecule has 5 rings (SSSR count). The number of fused-ring (bicyclic) bond motifs is 2. The molecule has 130 valence electrons. The van der Waals surface area contributed by atoms with Gasteiger partial charge in [0.25, 0.3) is 0 Å². The van der Waals surface area contributed by atoms with E-state index < -0.39 is 0 Å². The molecule has 4 fully saturated rings. The van der Waals surface area contributed by atoms with Crippen molar-refractivity contribution in [2.75, 3.05) is 33.4 Å². The number of hydrogen-bond acceptors (Lipinski definition) is 4. The lowest BCUT2D eigenvalue weighted by Gasteiger charge is -2.50. The third-order valence-corrected chi connectivity index (χ3v) is 6.04. The van der Waals surface area contributed by atoms with Crippen LogP contribution in [0.4, 0.5) is 4.79 Å². The van der Waals surface area contributed by atoms with Gasteiger partial charge in [0.1, 0.15) is 5.75 Å². The summed E-state index contributed by atoms with van der Waals surface area (Å²) in [6.45, 7) is 5.40. The smallest absolute Gasteiger partial charge is 0.410 e. The van der Waals surface area contributed by atoms with Crippen LogP contribution in [0, 0.1) is 5.92 Å². The average molecular weight is 330 g/mol. The van der Waals surface area contributed by atoms with Crippen molar-refractivity contribution in [3.05, 3.63) is 29.8 Å². The zero-order chi connectivity index (χ0) is 16.7. The molecule has 4 saturated heterocycles. The Labute approximate surface area is 143 Å². The van der Waals surface area contributed by atoms with Crippen molar-refractivity contribution in [2.24, 2.45) is 5.92 Å². The molecule has 2 bridgehead atoms. The van der Waals surface area contributed by atoms with Crippen molar-refractivity contribution in [1.82, 2.24) is 9.80 Å². The standard InChI is InChI=1S/C19H26N2O3/c1-3-24-19(22)21-12-16(13-4-6-15(23-2)7-5-13)18-17(21)14-8-10-20(18)11-9-14/h4-7,14,16-18H,3,8-12H2,1-2H3/t16-,17+,18+/m0/s1. The van der Waals surface area contributed by atoms with Crippen molar-refractivity contribution in [2.45, 2.75) is 37.8 Å². The molecule has 1 aromatic carbocycles. The van der Waals surface area contributed by atoms with E-state index in [9.17, 15) is 4.79 Å². The van der Waals surface area contributed by atoms with Gasteiger partial charge in [-0.05, 0) is 56.5 Å². The second-order valence-electron chi connectivity index (χ2n) is 7.09. The Hall–Kier alpha value is -1.75. The van der Waals surface area contributed by atoms with Crippen molar-refractivity contribution < 1.29 is 14.3 Å². The number of likely N-dealkylation sites (tertiary alicyclic amines) is 1. The van der Waals surface area contributed by atoms with Gasteiger partial charge in [0.2, 0.25) is 0 Å². The number of piperidine rings is 3. The summed E-state index contributed by atoms with van der Waals surface area (Å²) in [6.07, 6.45) is 2.26. The fourth-order valence-corrected chi connectivity index (χ4v) is 4.98. The molecule has 1 amide bonds. The normalized spacial score (nSPS) is 34.1.